The lowest BCUT2D eigenvalue weighted by Crippen LogP contribution is -2.31. The number of aliphatic hydroxyl groups excluding tert-OH is 1. The number of benzene rings is 3. The van der Waals surface area contributed by atoms with Crippen molar-refractivity contribution in [1.82, 2.24) is 4.90 Å². The van der Waals surface area contributed by atoms with Crippen molar-refractivity contribution in [3.63, 3.8) is 0 Å². The number of likely N-dealkylation sites (tertiary alicyclic amines) is 1. The van der Waals surface area contributed by atoms with Gasteiger partial charge in [-0.1, -0.05) is 75.2 Å². The molecule has 0 aromatic heterocycles. The predicted molar refractivity (Wildman–Crippen MR) is 159 cm³/mol. The van der Waals surface area contributed by atoms with E-state index >= 15 is 0 Å². The molecule has 216 valence electrons. The molecule has 3 aromatic rings. The Kier molecular flexibility index (Phi) is 10.4. The fourth-order valence-electron chi connectivity index (χ4n) is 4.87. The van der Waals surface area contributed by atoms with Crippen molar-refractivity contribution in [3.8, 4) is 17.2 Å². The summed E-state index contributed by atoms with van der Waals surface area (Å²) in [6, 6.07) is 21.4. The van der Waals surface area contributed by atoms with Gasteiger partial charge in [0.1, 0.15) is 11.5 Å². The molecule has 1 fully saturated rings. The summed E-state index contributed by atoms with van der Waals surface area (Å²) in [7, 11) is 1.56. The molecule has 0 spiro atoms. The van der Waals surface area contributed by atoms with Crippen LogP contribution in [0, 0.1) is 0 Å². The van der Waals surface area contributed by atoms with Gasteiger partial charge in [0.2, 0.25) is 0 Å². The lowest BCUT2D eigenvalue weighted by atomic mass is 9.94. The zero-order chi connectivity index (χ0) is 29.2. The van der Waals surface area contributed by atoms with Crippen molar-refractivity contribution in [2.75, 3.05) is 26.9 Å². The highest BCUT2D eigenvalue weighted by atomic mass is 16.5. The fraction of sp³-hybridized carbons (Fsp3) is 0.353. The number of ketones is 1. The van der Waals surface area contributed by atoms with Gasteiger partial charge < -0.3 is 24.2 Å². The van der Waals surface area contributed by atoms with Gasteiger partial charge in [0.15, 0.2) is 11.5 Å². The van der Waals surface area contributed by atoms with Crippen LogP contribution in [0.3, 0.4) is 0 Å². The molecule has 0 radical (unpaired) electrons. The normalized spacial score (nSPS) is 16.2. The summed E-state index contributed by atoms with van der Waals surface area (Å²) in [6.45, 7) is 5.58. The molecule has 0 bridgehead atoms. The van der Waals surface area contributed by atoms with Gasteiger partial charge in [-0.15, -0.1) is 0 Å². The van der Waals surface area contributed by atoms with Crippen molar-refractivity contribution in [3.05, 3.63) is 95.1 Å². The van der Waals surface area contributed by atoms with Crippen molar-refractivity contribution < 1.29 is 28.9 Å². The maximum atomic E-state index is 13.5. The molecule has 1 aliphatic heterocycles. The third-order valence-electron chi connectivity index (χ3n) is 7.16. The first kappa shape index (κ1) is 29.7. The number of hydrogen-bond donors (Lipinski definition) is 1. The number of methoxy groups -OCH3 is 1. The minimum atomic E-state index is -0.804. The summed E-state index contributed by atoms with van der Waals surface area (Å²) in [6.07, 6.45) is 4.37. The minimum absolute atomic E-state index is 0.0375. The Morgan fingerprint density at radius 1 is 0.854 bits per heavy atom. The van der Waals surface area contributed by atoms with Crippen molar-refractivity contribution in [2.45, 2.75) is 52.0 Å². The van der Waals surface area contributed by atoms with Gasteiger partial charge in [0, 0.05) is 12.1 Å². The highest BCUT2D eigenvalue weighted by Gasteiger charge is 2.46. The van der Waals surface area contributed by atoms with Crippen LogP contribution in [-0.4, -0.2) is 48.6 Å². The number of aliphatic hydroxyl groups is 1. The molecule has 1 atom stereocenters. The van der Waals surface area contributed by atoms with Crippen LogP contribution < -0.4 is 14.2 Å². The van der Waals surface area contributed by atoms with Gasteiger partial charge in [0.05, 0.1) is 31.9 Å². The van der Waals surface area contributed by atoms with E-state index < -0.39 is 17.7 Å². The number of unbranched alkanes of at least 4 members (excludes halogenated alkanes) is 2. The Hall–Kier alpha value is -4.26. The number of carbonyl (C=O) groups excluding carboxylic acids is 2. The van der Waals surface area contributed by atoms with Gasteiger partial charge in [-0.25, -0.2) is 0 Å². The maximum Gasteiger partial charge on any atom is 0.295 e. The van der Waals surface area contributed by atoms with Crippen molar-refractivity contribution >= 4 is 17.4 Å². The molecule has 0 aliphatic carbocycles. The number of carbonyl (C=O) groups is 2. The molecule has 1 aliphatic rings. The summed E-state index contributed by atoms with van der Waals surface area (Å²) in [5.41, 5.74) is 2.14. The van der Waals surface area contributed by atoms with E-state index in [9.17, 15) is 14.7 Å². The number of hydrogen-bond acceptors (Lipinski definition) is 6. The molecule has 1 unspecified atom stereocenters. The Balaban J connectivity index is 1.76. The summed E-state index contributed by atoms with van der Waals surface area (Å²) in [4.78, 5) is 28.5. The van der Waals surface area contributed by atoms with Crippen LogP contribution in [-0.2, 0) is 16.0 Å². The quantitative estimate of drug-likeness (QED) is 0.103. The number of nitrogens with zero attached hydrogens (tertiary/aromatic N) is 1. The van der Waals surface area contributed by atoms with Gasteiger partial charge in [-0.2, -0.15) is 0 Å². The lowest BCUT2D eigenvalue weighted by molar-refractivity contribution is -0.139. The Bertz CT molecular complexity index is 1370. The van der Waals surface area contributed by atoms with Crippen LogP contribution in [0.4, 0.5) is 0 Å². The van der Waals surface area contributed by atoms with Crippen LogP contribution in [0.25, 0.3) is 5.76 Å². The largest absolute Gasteiger partial charge is 0.507 e. The zero-order valence-electron chi connectivity index (χ0n) is 24.1. The molecule has 7 nitrogen and oxygen atoms in total. The molecule has 1 heterocycles. The monoisotopic (exact) mass is 557 g/mol. The van der Waals surface area contributed by atoms with Crippen molar-refractivity contribution in [2.24, 2.45) is 0 Å². The van der Waals surface area contributed by atoms with E-state index in [0.29, 0.717) is 54.6 Å². The van der Waals surface area contributed by atoms with Gasteiger partial charge >= 0.3 is 0 Å². The number of rotatable bonds is 14. The predicted octanol–water partition coefficient (Wildman–Crippen LogP) is 6.72. The second-order valence-electron chi connectivity index (χ2n) is 10.1. The minimum Gasteiger partial charge on any atom is -0.507 e. The second kappa shape index (κ2) is 14.4. The standard InChI is InChI=1S/C34H39NO6/c1-4-6-20-40-27-15-11-14-26(22-27)32(36)30-31(25-16-17-28(29(23-25)39-3)41-21-7-5-2)35(34(38)33(30)37)19-18-24-12-9-8-10-13-24/h8-17,22-23,31,36H,4-7,18-21H2,1-3H3/b32-30+. The number of ether oxygens (including phenoxy) is 3. The van der Waals surface area contributed by atoms with Gasteiger partial charge in [-0.05, 0) is 54.7 Å². The molecule has 4 rings (SSSR count). The van der Waals surface area contributed by atoms with Crippen LogP contribution >= 0.6 is 0 Å². The molecular formula is C34H39NO6. The van der Waals surface area contributed by atoms with Crippen LogP contribution in [0.15, 0.2) is 78.4 Å². The first-order valence-corrected chi connectivity index (χ1v) is 14.3. The Labute approximate surface area is 242 Å². The summed E-state index contributed by atoms with van der Waals surface area (Å²) in [5.74, 6) is 0.0676. The highest BCUT2D eigenvalue weighted by molar-refractivity contribution is 6.46. The molecule has 7 heteroatoms. The average molecular weight is 558 g/mol. The van der Waals surface area contributed by atoms with E-state index in [0.717, 1.165) is 31.2 Å². The fourth-order valence-corrected chi connectivity index (χ4v) is 4.87. The molecule has 1 N–H and O–H groups in total. The first-order chi connectivity index (χ1) is 20.0. The average Bonchev–Trinajstić information content (AvgIpc) is 3.25. The molecule has 1 saturated heterocycles. The maximum absolute atomic E-state index is 13.5. The zero-order valence-corrected chi connectivity index (χ0v) is 24.1. The topological polar surface area (TPSA) is 85.3 Å². The third-order valence-corrected chi connectivity index (χ3v) is 7.16. The molecule has 41 heavy (non-hydrogen) atoms. The van der Waals surface area contributed by atoms with Gasteiger partial charge in [-0.3, -0.25) is 9.59 Å². The van der Waals surface area contributed by atoms with E-state index in [1.807, 2.05) is 42.5 Å². The van der Waals surface area contributed by atoms with E-state index in [4.69, 9.17) is 14.2 Å². The smallest absolute Gasteiger partial charge is 0.295 e. The molecular weight excluding hydrogens is 518 g/mol. The lowest BCUT2D eigenvalue weighted by Gasteiger charge is -2.26. The van der Waals surface area contributed by atoms with E-state index in [-0.39, 0.29) is 11.3 Å². The van der Waals surface area contributed by atoms with Crippen molar-refractivity contribution in [1.29, 1.82) is 0 Å². The third kappa shape index (κ3) is 7.09. The highest BCUT2D eigenvalue weighted by Crippen LogP contribution is 2.42. The number of Topliss-reactive ketones (excluding diaryl/α,β-unsaturated/α-hetero) is 1. The summed E-state index contributed by atoms with van der Waals surface area (Å²) < 4.78 is 17.4. The molecule has 1 amide bonds. The van der Waals surface area contributed by atoms with E-state index in [2.05, 4.69) is 13.8 Å². The number of amides is 1. The summed E-state index contributed by atoms with van der Waals surface area (Å²) >= 11 is 0. The van der Waals surface area contributed by atoms with Crippen LogP contribution in [0.1, 0.15) is 62.3 Å². The van der Waals surface area contributed by atoms with E-state index in [1.54, 1.807) is 37.4 Å². The molecule has 0 saturated carbocycles. The van der Waals surface area contributed by atoms with E-state index in [1.165, 1.54) is 4.90 Å². The molecule has 3 aromatic carbocycles. The van der Waals surface area contributed by atoms with Crippen LogP contribution in [0.2, 0.25) is 0 Å². The SMILES string of the molecule is CCCCOc1cccc(/C(O)=C2\C(=O)C(=O)N(CCc3ccccc3)C2c2ccc(OCCCC)c(OC)c2)c1. The Morgan fingerprint density at radius 2 is 1.59 bits per heavy atom. The second-order valence-corrected chi connectivity index (χ2v) is 10.1. The first-order valence-electron chi connectivity index (χ1n) is 14.3. The summed E-state index contributed by atoms with van der Waals surface area (Å²) in [5, 5.41) is 11.5. The van der Waals surface area contributed by atoms with Crippen LogP contribution in [0.5, 0.6) is 17.2 Å². The van der Waals surface area contributed by atoms with Gasteiger partial charge in [0.25, 0.3) is 11.7 Å². The Morgan fingerprint density at radius 3 is 2.29 bits per heavy atom.